The van der Waals surface area contributed by atoms with Gasteiger partial charge in [-0.25, -0.2) is 23.1 Å². The monoisotopic (exact) mass is 417 g/mol. The van der Waals surface area contributed by atoms with Crippen molar-refractivity contribution < 1.29 is 18.1 Å². The van der Waals surface area contributed by atoms with Crippen molar-refractivity contribution in [3.05, 3.63) is 64.7 Å². The van der Waals surface area contributed by atoms with Crippen molar-refractivity contribution in [3.63, 3.8) is 0 Å². The van der Waals surface area contributed by atoms with Crippen LogP contribution < -0.4 is 10.0 Å². The van der Waals surface area contributed by atoms with Crippen molar-refractivity contribution in [2.75, 3.05) is 10.0 Å². The van der Waals surface area contributed by atoms with Gasteiger partial charge in [0, 0.05) is 24.6 Å². The van der Waals surface area contributed by atoms with Gasteiger partial charge in [0.15, 0.2) is 0 Å². The van der Waals surface area contributed by atoms with E-state index in [9.17, 15) is 23.3 Å². The normalized spacial score (nSPS) is 11.1. The molecule has 0 saturated heterocycles. The molecule has 1 aromatic carbocycles. The SMILES string of the molecule is CCn1cc([N+](=O)[O-])c(C(=O)Nc2ccc(S(=O)(=O)Nc3ncccn3)cc2)n1. The maximum atomic E-state index is 12.4. The number of aryl methyl sites for hydroxylation is 1. The highest BCUT2D eigenvalue weighted by atomic mass is 32.2. The zero-order valence-electron chi connectivity index (χ0n) is 15.0. The molecule has 0 aliphatic carbocycles. The van der Waals surface area contributed by atoms with Crippen LogP contribution in [0.15, 0.2) is 53.8 Å². The van der Waals surface area contributed by atoms with Crippen LogP contribution in [-0.4, -0.2) is 39.0 Å². The lowest BCUT2D eigenvalue weighted by Crippen LogP contribution is -2.16. The van der Waals surface area contributed by atoms with Crippen molar-refractivity contribution in [2.24, 2.45) is 0 Å². The Morgan fingerprint density at radius 1 is 1.21 bits per heavy atom. The lowest BCUT2D eigenvalue weighted by atomic mass is 10.3. The lowest BCUT2D eigenvalue weighted by Gasteiger charge is -2.08. The predicted molar refractivity (Wildman–Crippen MR) is 102 cm³/mol. The van der Waals surface area contributed by atoms with E-state index in [1.165, 1.54) is 47.5 Å². The molecule has 0 atom stereocenters. The number of hydrogen-bond donors (Lipinski definition) is 2. The van der Waals surface area contributed by atoms with Gasteiger partial charge in [0.05, 0.1) is 9.82 Å². The van der Waals surface area contributed by atoms with Crippen LogP contribution in [-0.2, 0) is 16.6 Å². The van der Waals surface area contributed by atoms with Crippen LogP contribution in [0.1, 0.15) is 17.4 Å². The maximum absolute atomic E-state index is 12.4. The summed E-state index contributed by atoms with van der Waals surface area (Å²) in [5.41, 5.74) is -0.516. The quantitative estimate of drug-likeness (QED) is 0.433. The van der Waals surface area contributed by atoms with Crippen LogP contribution >= 0.6 is 0 Å². The van der Waals surface area contributed by atoms with Gasteiger partial charge < -0.3 is 5.32 Å². The van der Waals surface area contributed by atoms with E-state index in [1.54, 1.807) is 13.0 Å². The molecule has 2 heterocycles. The summed E-state index contributed by atoms with van der Waals surface area (Å²) < 4.78 is 28.2. The molecular weight excluding hydrogens is 402 g/mol. The van der Waals surface area contributed by atoms with Crippen LogP contribution in [0.3, 0.4) is 0 Å². The number of nitrogens with one attached hydrogen (secondary N) is 2. The fourth-order valence-electron chi connectivity index (χ4n) is 2.31. The van der Waals surface area contributed by atoms with E-state index in [0.29, 0.717) is 6.54 Å². The number of nitrogens with zero attached hydrogens (tertiary/aromatic N) is 5. The van der Waals surface area contributed by atoms with Crippen LogP contribution in [0.2, 0.25) is 0 Å². The van der Waals surface area contributed by atoms with Gasteiger partial charge in [0.1, 0.15) is 6.20 Å². The predicted octanol–water partition coefficient (Wildman–Crippen LogP) is 1.65. The highest BCUT2D eigenvalue weighted by Crippen LogP contribution is 2.20. The van der Waals surface area contributed by atoms with Gasteiger partial charge in [0.2, 0.25) is 11.6 Å². The Morgan fingerprint density at radius 3 is 2.45 bits per heavy atom. The number of amides is 1. The average molecular weight is 417 g/mol. The largest absolute Gasteiger partial charge is 0.320 e. The number of aromatic nitrogens is 4. The first-order chi connectivity index (χ1) is 13.8. The molecule has 0 unspecified atom stereocenters. The summed E-state index contributed by atoms with van der Waals surface area (Å²) in [6.45, 7) is 2.09. The minimum absolute atomic E-state index is 0.0795. The van der Waals surface area contributed by atoms with Crippen molar-refractivity contribution >= 4 is 33.3 Å². The molecule has 0 fully saturated rings. The molecule has 13 heteroatoms. The summed E-state index contributed by atoms with van der Waals surface area (Å²) in [6, 6.07) is 6.77. The van der Waals surface area contributed by atoms with E-state index < -0.39 is 26.5 Å². The maximum Gasteiger partial charge on any atom is 0.320 e. The third-order valence-corrected chi connectivity index (χ3v) is 5.04. The summed E-state index contributed by atoms with van der Waals surface area (Å²) >= 11 is 0. The summed E-state index contributed by atoms with van der Waals surface area (Å²) in [5.74, 6) is -0.862. The van der Waals surface area contributed by atoms with Crippen molar-refractivity contribution in [2.45, 2.75) is 18.4 Å². The minimum atomic E-state index is -3.92. The molecule has 0 saturated carbocycles. The summed E-state index contributed by atoms with van der Waals surface area (Å²) in [7, 11) is -3.92. The number of benzene rings is 1. The molecule has 0 radical (unpaired) electrons. The second kappa shape index (κ2) is 8.02. The number of nitro groups is 1. The van der Waals surface area contributed by atoms with Gasteiger partial charge in [-0.2, -0.15) is 5.10 Å². The number of hydrogen-bond acceptors (Lipinski definition) is 8. The van der Waals surface area contributed by atoms with E-state index in [-0.39, 0.29) is 22.2 Å². The highest BCUT2D eigenvalue weighted by molar-refractivity contribution is 7.92. The fraction of sp³-hybridized carbons (Fsp3) is 0.125. The molecule has 0 aliphatic rings. The number of carbonyl (C=O) groups excluding carboxylic acids is 1. The van der Waals surface area contributed by atoms with Gasteiger partial charge in [-0.1, -0.05) is 0 Å². The van der Waals surface area contributed by atoms with Crippen LogP contribution in [0.4, 0.5) is 17.3 Å². The van der Waals surface area contributed by atoms with Crippen molar-refractivity contribution in [3.8, 4) is 0 Å². The van der Waals surface area contributed by atoms with Gasteiger partial charge in [0.25, 0.3) is 15.9 Å². The van der Waals surface area contributed by atoms with Gasteiger partial charge in [-0.05, 0) is 37.3 Å². The molecule has 12 nitrogen and oxygen atoms in total. The lowest BCUT2D eigenvalue weighted by molar-refractivity contribution is -0.385. The van der Waals surface area contributed by atoms with Crippen molar-refractivity contribution in [1.29, 1.82) is 0 Å². The van der Waals surface area contributed by atoms with E-state index >= 15 is 0 Å². The first-order valence-corrected chi connectivity index (χ1v) is 9.71. The highest BCUT2D eigenvalue weighted by Gasteiger charge is 2.25. The third kappa shape index (κ3) is 4.52. The first kappa shape index (κ1) is 19.9. The zero-order chi connectivity index (χ0) is 21.0. The Balaban J connectivity index is 1.76. The van der Waals surface area contributed by atoms with Crippen molar-refractivity contribution in [1.82, 2.24) is 19.7 Å². The van der Waals surface area contributed by atoms with Crippen LogP contribution in [0, 0.1) is 10.1 Å². The van der Waals surface area contributed by atoms with Gasteiger partial charge in [-0.3, -0.25) is 19.6 Å². The van der Waals surface area contributed by atoms with Crippen LogP contribution in [0.5, 0.6) is 0 Å². The molecule has 0 aliphatic heterocycles. The van der Waals surface area contributed by atoms with E-state index in [4.69, 9.17) is 0 Å². The Morgan fingerprint density at radius 2 is 1.86 bits per heavy atom. The molecule has 2 N–H and O–H groups in total. The number of anilines is 2. The molecule has 0 bridgehead atoms. The second-order valence-electron chi connectivity index (χ2n) is 5.63. The summed E-state index contributed by atoms with van der Waals surface area (Å²) in [6.07, 6.45) is 3.95. The summed E-state index contributed by atoms with van der Waals surface area (Å²) in [5, 5.41) is 17.5. The standard InChI is InChI=1S/C16H15N7O5S/c1-2-22-10-13(23(25)26)14(20-22)15(24)19-11-4-6-12(7-5-11)29(27,28)21-16-17-8-3-9-18-16/h3-10H,2H2,1H3,(H,19,24)(H,17,18,21). The van der Waals surface area contributed by atoms with Gasteiger partial charge in [-0.15, -0.1) is 0 Å². The molecule has 0 spiro atoms. The number of sulfonamides is 1. The fourth-order valence-corrected chi connectivity index (χ4v) is 3.26. The Labute approximate surface area is 164 Å². The molecule has 1 amide bonds. The Hall–Kier alpha value is -3.87. The average Bonchev–Trinajstić information content (AvgIpc) is 3.14. The van der Waals surface area contributed by atoms with Crippen LogP contribution in [0.25, 0.3) is 0 Å². The number of rotatable bonds is 7. The molecule has 3 aromatic rings. The molecule has 2 aromatic heterocycles. The topological polar surface area (TPSA) is 162 Å². The Bertz CT molecular complexity index is 1140. The molecule has 3 rings (SSSR count). The zero-order valence-corrected chi connectivity index (χ0v) is 15.8. The smallest absolute Gasteiger partial charge is 0.320 e. The summed E-state index contributed by atoms with van der Waals surface area (Å²) in [4.78, 5) is 30.3. The minimum Gasteiger partial charge on any atom is -0.320 e. The Kier molecular flexibility index (Phi) is 5.50. The van der Waals surface area contributed by atoms with E-state index in [1.807, 2.05) is 0 Å². The van der Waals surface area contributed by atoms with E-state index in [2.05, 4.69) is 25.1 Å². The molecular formula is C16H15N7O5S. The van der Waals surface area contributed by atoms with Gasteiger partial charge >= 0.3 is 5.69 Å². The first-order valence-electron chi connectivity index (χ1n) is 8.23. The molecule has 29 heavy (non-hydrogen) atoms. The molecule has 150 valence electrons. The van der Waals surface area contributed by atoms with E-state index in [0.717, 1.165) is 0 Å². The second-order valence-corrected chi connectivity index (χ2v) is 7.31. The number of carbonyl (C=O) groups is 1. The third-order valence-electron chi connectivity index (χ3n) is 3.69.